The summed E-state index contributed by atoms with van der Waals surface area (Å²) in [6, 6.07) is 8.53. The van der Waals surface area contributed by atoms with Crippen molar-refractivity contribution in [2.24, 2.45) is 7.05 Å². The van der Waals surface area contributed by atoms with Gasteiger partial charge in [-0.1, -0.05) is 45.0 Å². The Morgan fingerprint density at radius 2 is 1.80 bits per heavy atom. The molecule has 0 atom stereocenters. The molecule has 2 aromatic rings. The van der Waals surface area contributed by atoms with Crippen LogP contribution < -0.4 is 0 Å². The fourth-order valence-corrected chi connectivity index (χ4v) is 2.63. The molecule has 0 aliphatic heterocycles. The average Bonchev–Trinajstić information content (AvgIpc) is 2.67. The van der Waals surface area contributed by atoms with Gasteiger partial charge in [-0.3, -0.25) is 0 Å². The van der Waals surface area contributed by atoms with E-state index in [0.717, 1.165) is 21.7 Å². The van der Waals surface area contributed by atoms with Crippen LogP contribution in [0.1, 0.15) is 32.0 Å². The number of aliphatic hydroxyl groups excluding tert-OH is 1. The van der Waals surface area contributed by atoms with Gasteiger partial charge in [0.2, 0.25) is 0 Å². The molecule has 3 nitrogen and oxygen atoms in total. The molecule has 1 aromatic heterocycles. The summed E-state index contributed by atoms with van der Waals surface area (Å²) >= 11 is 3.53. The molecule has 1 heterocycles. The molecule has 0 spiro atoms. The molecule has 0 saturated heterocycles. The van der Waals surface area contributed by atoms with Crippen LogP contribution in [0, 0.1) is 0 Å². The zero-order valence-electron chi connectivity index (χ0n) is 12.4. The summed E-state index contributed by atoms with van der Waals surface area (Å²) in [5, 5.41) is 9.07. The lowest BCUT2D eigenvalue weighted by Crippen LogP contribution is -2.10. The van der Waals surface area contributed by atoms with E-state index < -0.39 is 0 Å². The summed E-state index contributed by atoms with van der Waals surface area (Å²) in [7, 11) is 1.98. The zero-order valence-corrected chi connectivity index (χ0v) is 14.0. The minimum absolute atomic E-state index is 0.109. The minimum Gasteiger partial charge on any atom is -0.396 e. The maximum Gasteiger partial charge on any atom is 0.140 e. The topological polar surface area (TPSA) is 38.0 Å². The number of benzene rings is 1. The molecule has 2 rings (SSSR count). The van der Waals surface area contributed by atoms with Crippen molar-refractivity contribution in [3.63, 3.8) is 0 Å². The molecule has 20 heavy (non-hydrogen) atoms. The summed E-state index contributed by atoms with van der Waals surface area (Å²) in [4.78, 5) is 4.62. The van der Waals surface area contributed by atoms with E-state index in [1.807, 2.05) is 11.6 Å². The molecular formula is C16H21BrN2O. The van der Waals surface area contributed by atoms with Gasteiger partial charge in [-0.2, -0.15) is 0 Å². The standard InChI is InChI=1S/C16H21BrN2O/c1-16(2,3)12-7-5-11(6-8-12)15-18-13(9-10-20)14(17)19(15)4/h5-8,20H,9-10H2,1-4H3. The highest BCUT2D eigenvalue weighted by molar-refractivity contribution is 9.10. The van der Waals surface area contributed by atoms with Gasteiger partial charge in [0, 0.05) is 25.6 Å². The minimum atomic E-state index is 0.109. The number of aromatic nitrogens is 2. The van der Waals surface area contributed by atoms with E-state index in [1.54, 1.807) is 0 Å². The van der Waals surface area contributed by atoms with E-state index >= 15 is 0 Å². The first kappa shape index (κ1) is 15.3. The van der Waals surface area contributed by atoms with Gasteiger partial charge in [-0.05, 0) is 26.9 Å². The maximum absolute atomic E-state index is 9.07. The molecule has 0 unspecified atom stereocenters. The van der Waals surface area contributed by atoms with Crippen LogP contribution in [0.25, 0.3) is 11.4 Å². The van der Waals surface area contributed by atoms with Gasteiger partial charge in [0.05, 0.1) is 5.69 Å². The van der Waals surface area contributed by atoms with E-state index in [9.17, 15) is 0 Å². The molecule has 0 radical (unpaired) electrons. The van der Waals surface area contributed by atoms with Gasteiger partial charge >= 0.3 is 0 Å². The Bertz CT molecular complexity index is 594. The summed E-state index contributed by atoms with van der Waals surface area (Å²) in [5.41, 5.74) is 3.45. The molecule has 0 amide bonds. The van der Waals surface area contributed by atoms with Crippen LogP contribution in [-0.2, 0) is 18.9 Å². The van der Waals surface area contributed by atoms with Crippen molar-refractivity contribution in [3.05, 3.63) is 40.1 Å². The lowest BCUT2D eigenvalue weighted by atomic mass is 9.87. The Kier molecular flexibility index (Phi) is 4.35. The Balaban J connectivity index is 2.39. The number of hydrogen-bond acceptors (Lipinski definition) is 2. The average molecular weight is 337 g/mol. The van der Waals surface area contributed by atoms with Gasteiger partial charge in [-0.15, -0.1) is 0 Å². The van der Waals surface area contributed by atoms with Crippen LogP contribution in [0.5, 0.6) is 0 Å². The second-order valence-electron chi connectivity index (χ2n) is 6.03. The molecule has 0 aliphatic carbocycles. The normalized spacial score (nSPS) is 11.9. The van der Waals surface area contributed by atoms with E-state index in [-0.39, 0.29) is 12.0 Å². The molecule has 0 aliphatic rings. The quantitative estimate of drug-likeness (QED) is 0.928. The fraction of sp³-hybridized carbons (Fsp3) is 0.438. The van der Waals surface area contributed by atoms with Crippen molar-refractivity contribution in [2.75, 3.05) is 6.61 Å². The first-order valence-corrected chi connectivity index (χ1v) is 7.56. The van der Waals surface area contributed by atoms with Crippen LogP contribution in [0.15, 0.2) is 28.9 Å². The first-order chi connectivity index (χ1) is 9.34. The van der Waals surface area contributed by atoms with Gasteiger partial charge in [-0.25, -0.2) is 4.98 Å². The largest absolute Gasteiger partial charge is 0.396 e. The smallest absolute Gasteiger partial charge is 0.140 e. The number of nitrogens with zero attached hydrogens (tertiary/aromatic N) is 2. The Hall–Kier alpha value is -1.13. The third-order valence-electron chi connectivity index (χ3n) is 3.45. The van der Waals surface area contributed by atoms with E-state index in [4.69, 9.17) is 5.11 Å². The van der Waals surface area contributed by atoms with Gasteiger partial charge < -0.3 is 9.67 Å². The van der Waals surface area contributed by atoms with Crippen molar-refractivity contribution < 1.29 is 5.11 Å². The number of halogens is 1. The summed E-state index contributed by atoms with van der Waals surface area (Å²) in [6.07, 6.45) is 0.564. The van der Waals surface area contributed by atoms with Crippen molar-refractivity contribution in [3.8, 4) is 11.4 Å². The molecule has 108 valence electrons. The summed E-state index contributed by atoms with van der Waals surface area (Å²) in [6.45, 7) is 6.73. The molecule has 0 bridgehead atoms. The molecule has 4 heteroatoms. The summed E-state index contributed by atoms with van der Waals surface area (Å²) < 4.78 is 2.94. The Labute approximate surface area is 128 Å². The third-order valence-corrected chi connectivity index (χ3v) is 4.44. The first-order valence-electron chi connectivity index (χ1n) is 6.77. The monoisotopic (exact) mass is 336 g/mol. The number of hydrogen-bond donors (Lipinski definition) is 1. The molecular weight excluding hydrogens is 316 g/mol. The highest BCUT2D eigenvalue weighted by atomic mass is 79.9. The van der Waals surface area contributed by atoms with Crippen LogP contribution in [0.2, 0.25) is 0 Å². The van der Waals surface area contributed by atoms with E-state index in [2.05, 4.69) is 66.0 Å². The van der Waals surface area contributed by atoms with Crippen LogP contribution in [0.3, 0.4) is 0 Å². The number of rotatable bonds is 3. The predicted octanol–water partition coefficient (Wildman–Crippen LogP) is 3.68. The van der Waals surface area contributed by atoms with E-state index in [0.29, 0.717) is 6.42 Å². The molecule has 1 aromatic carbocycles. The highest BCUT2D eigenvalue weighted by Gasteiger charge is 2.16. The van der Waals surface area contributed by atoms with Crippen molar-refractivity contribution in [1.82, 2.24) is 9.55 Å². The number of aliphatic hydroxyl groups is 1. The zero-order chi connectivity index (χ0) is 14.9. The number of imidazole rings is 1. The summed E-state index contributed by atoms with van der Waals surface area (Å²) in [5.74, 6) is 0.917. The van der Waals surface area contributed by atoms with Gasteiger partial charge in [0.15, 0.2) is 0 Å². The van der Waals surface area contributed by atoms with Crippen LogP contribution >= 0.6 is 15.9 Å². The Morgan fingerprint density at radius 1 is 1.20 bits per heavy atom. The predicted molar refractivity (Wildman–Crippen MR) is 85.8 cm³/mol. The maximum atomic E-state index is 9.07. The van der Waals surface area contributed by atoms with Crippen LogP contribution in [0.4, 0.5) is 0 Å². The third kappa shape index (κ3) is 2.96. The SMILES string of the molecule is Cn1c(-c2ccc(C(C)(C)C)cc2)nc(CCO)c1Br. The van der Waals surface area contributed by atoms with Crippen molar-refractivity contribution >= 4 is 15.9 Å². The molecule has 1 N–H and O–H groups in total. The van der Waals surface area contributed by atoms with Gasteiger partial charge in [0.1, 0.15) is 10.4 Å². The van der Waals surface area contributed by atoms with Crippen molar-refractivity contribution in [2.45, 2.75) is 32.6 Å². The Morgan fingerprint density at radius 3 is 2.30 bits per heavy atom. The second kappa shape index (κ2) is 5.70. The highest BCUT2D eigenvalue weighted by Crippen LogP contribution is 2.28. The van der Waals surface area contributed by atoms with Gasteiger partial charge in [0.25, 0.3) is 0 Å². The second-order valence-corrected chi connectivity index (χ2v) is 6.78. The molecule has 0 fully saturated rings. The fourth-order valence-electron chi connectivity index (χ4n) is 2.18. The van der Waals surface area contributed by atoms with Crippen LogP contribution in [-0.4, -0.2) is 21.3 Å². The lowest BCUT2D eigenvalue weighted by molar-refractivity contribution is 0.298. The van der Waals surface area contributed by atoms with Crippen molar-refractivity contribution in [1.29, 1.82) is 0 Å². The molecule has 0 saturated carbocycles. The van der Waals surface area contributed by atoms with E-state index in [1.165, 1.54) is 5.56 Å². The lowest BCUT2D eigenvalue weighted by Gasteiger charge is -2.19.